The van der Waals surface area contributed by atoms with Gasteiger partial charge in [-0.3, -0.25) is 14.5 Å². The van der Waals surface area contributed by atoms with E-state index in [1.165, 1.54) is 26.2 Å². The Hall–Kier alpha value is -4.33. The maximum Gasteiger partial charge on any atom is 0.271 e. The summed E-state index contributed by atoms with van der Waals surface area (Å²) < 4.78 is 27.8. The summed E-state index contributed by atoms with van der Waals surface area (Å²) in [4.78, 5) is 26.9. The van der Waals surface area contributed by atoms with Crippen LogP contribution in [0.1, 0.15) is 19.4 Å². The lowest BCUT2D eigenvalue weighted by Gasteiger charge is -2.26. The van der Waals surface area contributed by atoms with Gasteiger partial charge in [0.1, 0.15) is 11.6 Å². The van der Waals surface area contributed by atoms with Crippen molar-refractivity contribution < 1.29 is 18.0 Å². The normalized spacial score (nSPS) is 15.6. The Kier molecular flexibility index (Phi) is 6.94. The van der Waals surface area contributed by atoms with Crippen molar-refractivity contribution in [2.24, 2.45) is 0 Å². The molecule has 0 aliphatic carbocycles. The van der Waals surface area contributed by atoms with Crippen LogP contribution in [0.3, 0.4) is 0 Å². The number of amides is 2. The number of benzene rings is 2. The molecule has 1 aliphatic rings. The lowest BCUT2D eigenvalue weighted by molar-refractivity contribution is -0.140. The third-order valence-electron chi connectivity index (χ3n) is 6.11. The fourth-order valence-corrected chi connectivity index (χ4v) is 4.90. The van der Waals surface area contributed by atoms with Gasteiger partial charge in [-0.2, -0.15) is 10.4 Å². The Labute approximate surface area is 215 Å². The van der Waals surface area contributed by atoms with Gasteiger partial charge in [0.15, 0.2) is 0 Å². The predicted molar refractivity (Wildman–Crippen MR) is 139 cm³/mol. The summed E-state index contributed by atoms with van der Waals surface area (Å²) in [6.45, 7) is 3.38. The van der Waals surface area contributed by atoms with Crippen molar-refractivity contribution in [3.8, 4) is 23.0 Å². The minimum Gasteiger partial charge on any atom is -0.274 e. The van der Waals surface area contributed by atoms with E-state index in [1.54, 1.807) is 42.9 Å². The third kappa shape index (κ3) is 4.62. The van der Waals surface area contributed by atoms with Crippen LogP contribution in [0.2, 0.25) is 0 Å². The maximum atomic E-state index is 13.2. The average molecular weight is 516 g/mol. The molecule has 0 atom stereocenters. The highest BCUT2D eigenvalue weighted by atomic mass is 32.2. The minimum absolute atomic E-state index is 0.0806. The average Bonchev–Trinajstić information content (AvgIpc) is 3.31. The summed E-state index contributed by atoms with van der Waals surface area (Å²) in [6, 6.07) is 17.6. The van der Waals surface area contributed by atoms with Crippen molar-refractivity contribution in [2.75, 3.05) is 20.6 Å². The van der Waals surface area contributed by atoms with Crippen LogP contribution < -0.4 is 0 Å². The predicted octanol–water partition coefficient (Wildman–Crippen LogP) is 3.40. The largest absolute Gasteiger partial charge is 0.274 e. The summed E-state index contributed by atoms with van der Waals surface area (Å²) in [6.07, 6.45) is 3.37. The lowest BCUT2D eigenvalue weighted by Crippen LogP contribution is -2.42. The number of likely N-dealkylation sites (N-methyl/N-ethyl adjacent to an activating group) is 1. The molecule has 37 heavy (non-hydrogen) atoms. The van der Waals surface area contributed by atoms with E-state index in [0.717, 1.165) is 14.9 Å². The molecule has 0 radical (unpaired) electrons. The van der Waals surface area contributed by atoms with Gasteiger partial charge in [-0.1, -0.05) is 30.3 Å². The SMILES string of the molecule is CCN1C(=O)C(C#N)=C(C)/C(=C\c2cn(-c3ccccc3)nc2-c2ccc(S(=O)(=O)N(C)C)cc2)C1=O. The fourth-order valence-electron chi connectivity index (χ4n) is 4.00. The molecular weight excluding hydrogens is 490 g/mol. The highest BCUT2D eigenvalue weighted by Gasteiger charge is 2.34. The first-order valence-corrected chi connectivity index (χ1v) is 12.9. The van der Waals surface area contributed by atoms with Gasteiger partial charge in [-0.15, -0.1) is 0 Å². The van der Waals surface area contributed by atoms with Crippen LogP contribution in [0.4, 0.5) is 0 Å². The van der Waals surface area contributed by atoms with Crippen LogP contribution in [0.25, 0.3) is 23.0 Å². The van der Waals surface area contributed by atoms with Crippen molar-refractivity contribution in [3.05, 3.63) is 83.1 Å². The number of nitriles is 1. The Morgan fingerprint density at radius 3 is 2.24 bits per heavy atom. The van der Waals surface area contributed by atoms with Gasteiger partial charge in [0, 0.05) is 43.5 Å². The first kappa shape index (κ1) is 25.8. The van der Waals surface area contributed by atoms with Gasteiger partial charge >= 0.3 is 0 Å². The summed E-state index contributed by atoms with van der Waals surface area (Å²) in [7, 11) is -0.679. The quantitative estimate of drug-likeness (QED) is 0.367. The van der Waals surface area contributed by atoms with Gasteiger partial charge in [0.25, 0.3) is 11.8 Å². The number of sulfonamides is 1. The standard InChI is InChI=1S/C27H25N5O4S/c1-5-31-26(33)23(18(2)24(16-28)27(31)34)15-20-17-32(21-9-7-6-8-10-21)29-25(20)19-11-13-22(14-12-19)37(35,36)30(3)4/h6-15,17H,5H2,1-4H3/b23-15+. The number of hydrogen-bond acceptors (Lipinski definition) is 6. The Morgan fingerprint density at radius 2 is 1.68 bits per heavy atom. The van der Waals surface area contributed by atoms with E-state index in [0.29, 0.717) is 22.4 Å². The molecule has 2 amide bonds. The van der Waals surface area contributed by atoms with E-state index in [4.69, 9.17) is 5.10 Å². The van der Waals surface area contributed by atoms with E-state index in [1.807, 2.05) is 36.4 Å². The monoisotopic (exact) mass is 515 g/mol. The second kappa shape index (κ2) is 9.97. The first-order valence-electron chi connectivity index (χ1n) is 11.5. The first-order chi connectivity index (χ1) is 17.6. The highest BCUT2D eigenvalue weighted by molar-refractivity contribution is 7.89. The van der Waals surface area contributed by atoms with E-state index in [2.05, 4.69) is 0 Å². The van der Waals surface area contributed by atoms with E-state index >= 15 is 0 Å². The van der Waals surface area contributed by atoms with Crippen LogP contribution in [0.15, 0.2) is 82.4 Å². The molecule has 9 nitrogen and oxygen atoms in total. The smallest absolute Gasteiger partial charge is 0.271 e. The number of imide groups is 1. The summed E-state index contributed by atoms with van der Waals surface area (Å²) >= 11 is 0. The molecule has 0 spiro atoms. The van der Waals surface area contributed by atoms with Crippen molar-refractivity contribution >= 4 is 27.9 Å². The molecule has 0 saturated heterocycles. The molecule has 2 heterocycles. The van der Waals surface area contributed by atoms with Gasteiger partial charge in [-0.05, 0) is 49.8 Å². The maximum absolute atomic E-state index is 13.2. The molecule has 1 aliphatic heterocycles. The number of hydrogen-bond donors (Lipinski definition) is 0. The van der Waals surface area contributed by atoms with Crippen molar-refractivity contribution in [1.82, 2.24) is 19.0 Å². The molecule has 188 valence electrons. The fraction of sp³-hybridized carbons (Fsp3) is 0.185. The number of rotatable bonds is 6. The van der Waals surface area contributed by atoms with Crippen LogP contribution in [0.5, 0.6) is 0 Å². The molecule has 4 rings (SSSR count). The number of para-hydroxylation sites is 1. The molecule has 0 saturated carbocycles. The van der Waals surface area contributed by atoms with Crippen molar-refractivity contribution in [3.63, 3.8) is 0 Å². The molecule has 0 unspecified atom stereocenters. The molecular formula is C27H25N5O4S. The summed E-state index contributed by atoms with van der Waals surface area (Å²) in [5.74, 6) is -1.10. The Morgan fingerprint density at radius 1 is 1.03 bits per heavy atom. The second-order valence-electron chi connectivity index (χ2n) is 8.55. The molecule has 0 fully saturated rings. The molecule has 2 aromatic carbocycles. The van der Waals surface area contributed by atoms with Gasteiger partial charge in [0.05, 0.1) is 16.3 Å². The molecule has 10 heteroatoms. The summed E-state index contributed by atoms with van der Waals surface area (Å²) in [5, 5.41) is 14.3. The van der Waals surface area contributed by atoms with E-state index in [9.17, 15) is 23.3 Å². The second-order valence-corrected chi connectivity index (χ2v) is 10.7. The minimum atomic E-state index is -3.61. The third-order valence-corrected chi connectivity index (χ3v) is 7.94. The molecule has 0 bridgehead atoms. The van der Waals surface area contributed by atoms with Crippen LogP contribution in [-0.2, 0) is 19.6 Å². The van der Waals surface area contributed by atoms with E-state index < -0.39 is 21.8 Å². The van der Waals surface area contributed by atoms with Crippen LogP contribution in [0, 0.1) is 11.3 Å². The zero-order valence-electron chi connectivity index (χ0n) is 20.8. The highest BCUT2D eigenvalue weighted by Crippen LogP contribution is 2.31. The van der Waals surface area contributed by atoms with Crippen molar-refractivity contribution in [1.29, 1.82) is 5.26 Å². The Bertz CT molecular complexity index is 1590. The zero-order valence-corrected chi connectivity index (χ0v) is 21.7. The van der Waals surface area contributed by atoms with Gasteiger partial charge < -0.3 is 0 Å². The Balaban J connectivity index is 1.91. The number of carbonyl (C=O) groups is 2. The van der Waals surface area contributed by atoms with Crippen molar-refractivity contribution in [2.45, 2.75) is 18.7 Å². The number of nitrogens with zero attached hydrogens (tertiary/aromatic N) is 5. The number of aromatic nitrogens is 2. The summed E-state index contributed by atoms with van der Waals surface area (Å²) in [5.41, 5.74) is 2.93. The topological polar surface area (TPSA) is 116 Å². The van der Waals surface area contributed by atoms with Crippen LogP contribution in [-0.4, -0.2) is 59.9 Å². The molecule has 3 aromatic rings. The molecule has 0 N–H and O–H groups in total. The van der Waals surface area contributed by atoms with Gasteiger partial charge in [-0.25, -0.2) is 17.4 Å². The zero-order chi connectivity index (χ0) is 26.9. The molecule has 1 aromatic heterocycles. The van der Waals surface area contributed by atoms with Crippen LogP contribution >= 0.6 is 0 Å². The van der Waals surface area contributed by atoms with E-state index in [-0.39, 0.29) is 22.6 Å². The lowest BCUT2D eigenvalue weighted by atomic mass is 9.93. The van der Waals surface area contributed by atoms with Gasteiger partial charge in [0.2, 0.25) is 10.0 Å². The number of carbonyl (C=O) groups excluding carboxylic acids is 2.